The van der Waals surface area contributed by atoms with Gasteiger partial charge in [-0.25, -0.2) is 0 Å². The van der Waals surface area contributed by atoms with Crippen LogP contribution < -0.4 is 10.6 Å². The molecule has 0 aliphatic rings. The van der Waals surface area contributed by atoms with Crippen LogP contribution in [-0.2, 0) is 0 Å². The third-order valence-electron chi connectivity index (χ3n) is 3.62. The van der Waals surface area contributed by atoms with Crippen molar-refractivity contribution in [2.45, 2.75) is 0 Å². The molecule has 2 aromatic carbocycles. The molecule has 0 unspecified atom stereocenters. The molecule has 0 aliphatic carbocycles. The van der Waals surface area contributed by atoms with Gasteiger partial charge in [-0.15, -0.1) is 0 Å². The van der Waals surface area contributed by atoms with E-state index in [1.54, 1.807) is 42.5 Å². The van der Waals surface area contributed by atoms with Gasteiger partial charge in [-0.1, -0.05) is 35.9 Å². The first-order valence-corrected chi connectivity index (χ1v) is 7.95. The van der Waals surface area contributed by atoms with E-state index in [1.165, 1.54) is 7.05 Å². The lowest BCUT2D eigenvalue weighted by atomic mass is 10.1. The predicted molar refractivity (Wildman–Crippen MR) is 96.9 cm³/mol. The molecule has 0 spiro atoms. The molecule has 3 aromatic rings. The zero-order valence-corrected chi connectivity index (χ0v) is 14.1. The summed E-state index contributed by atoms with van der Waals surface area (Å²) in [5, 5.41) is 5.77. The van der Waals surface area contributed by atoms with Gasteiger partial charge in [-0.2, -0.15) is 0 Å². The number of hydrogen-bond acceptors (Lipinski definition) is 3. The summed E-state index contributed by atoms with van der Waals surface area (Å²) in [7, 11) is 1.53. The van der Waals surface area contributed by atoms with Crippen LogP contribution in [0.2, 0.25) is 5.02 Å². The zero-order chi connectivity index (χ0) is 17.8. The number of carbonyl (C=O) groups is 2. The third-order valence-corrected chi connectivity index (χ3v) is 3.95. The topological polar surface area (TPSA) is 71.3 Å². The van der Waals surface area contributed by atoms with E-state index in [0.717, 1.165) is 0 Å². The molecule has 5 nitrogen and oxygen atoms in total. The van der Waals surface area contributed by atoms with E-state index < -0.39 is 5.91 Å². The lowest BCUT2D eigenvalue weighted by molar-refractivity contribution is 0.0964. The van der Waals surface area contributed by atoms with E-state index in [0.29, 0.717) is 27.6 Å². The van der Waals surface area contributed by atoms with Gasteiger partial charge in [0.05, 0.1) is 16.3 Å². The Hall–Kier alpha value is -3.05. The van der Waals surface area contributed by atoms with Crippen molar-refractivity contribution in [3.05, 3.63) is 77.0 Å². The summed E-state index contributed by atoms with van der Waals surface area (Å²) in [5.74, 6) is -0.112. The Kier molecular flexibility index (Phi) is 4.86. The van der Waals surface area contributed by atoms with Crippen LogP contribution in [0.4, 0.5) is 5.69 Å². The average Bonchev–Trinajstić information content (AvgIpc) is 3.12. The number of para-hydroxylation sites is 1. The Labute approximate surface area is 149 Å². The van der Waals surface area contributed by atoms with Crippen molar-refractivity contribution in [2.24, 2.45) is 0 Å². The minimum absolute atomic E-state index is 0.127. The van der Waals surface area contributed by atoms with Gasteiger partial charge in [0, 0.05) is 12.6 Å². The molecule has 0 atom stereocenters. The van der Waals surface area contributed by atoms with Gasteiger partial charge in [-0.3, -0.25) is 9.59 Å². The Balaban J connectivity index is 1.84. The first-order valence-electron chi connectivity index (χ1n) is 7.57. The molecule has 0 aliphatic heterocycles. The standard InChI is InChI=1S/C19H15ClN2O3/c1-21-18(23)13-7-3-5-9-15(13)22-19(24)17-11-10-16(25-17)12-6-2-4-8-14(12)20/h2-11H,1H3,(H,21,23)(H,22,24). The normalized spacial score (nSPS) is 10.3. The summed E-state index contributed by atoms with van der Waals surface area (Å²) in [6.07, 6.45) is 0. The Bertz CT molecular complexity index is 934. The largest absolute Gasteiger partial charge is 0.451 e. The van der Waals surface area contributed by atoms with E-state index >= 15 is 0 Å². The molecule has 25 heavy (non-hydrogen) atoms. The number of hydrogen-bond donors (Lipinski definition) is 2. The summed E-state index contributed by atoms with van der Waals surface area (Å²) in [6.45, 7) is 0. The maximum absolute atomic E-state index is 12.4. The van der Waals surface area contributed by atoms with E-state index in [2.05, 4.69) is 10.6 Å². The SMILES string of the molecule is CNC(=O)c1ccccc1NC(=O)c1ccc(-c2ccccc2Cl)o1. The van der Waals surface area contributed by atoms with Crippen molar-refractivity contribution in [3.8, 4) is 11.3 Å². The number of benzene rings is 2. The fourth-order valence-electron chi connectivity index (χ4n) is 2.37. The molecule has 126 valence electrons. The molecule has 1 heterocycles. The first-order chi connectivity index (χ1) is 12.1. The molecule has 2 amide bonds. The van der Waals surface area contributed by atoms with Crippen LogP contribution in [-0.4, -0.2) is 18.9 Å². The van der Waals surface area contributed by atoms with Gasteiger partial charge in [-0.05, 0) is 36.4 Å². The lowest BCUT2D eigenvalue weighted by Gasteiger charge is -2.08. The highest BCUT2D eigenvalue weighted by Gasteiger charge is 2.16. The third kappa shape index (κ3) is 3.56. The van der Waals surface area contributed by atoms with E-state index in [9.17, 15) is 9.59 Å². The van der Waals surface area contributed by atoms with Crippen molar-refractivity contribution >= 4 is 29.1 Å². The van der Waals surface area contributed by atoms with Crippen molar-refractivity contribution < 1.29 is 14.0 Å². The lowest BCUT2D eigenvalue weighted by Crippen LogP contribution is -2.21. The van der Waals surface area contributed by atoms with Gasteiger partial charge >= 0.3 is 0 Å². The summed E-state index contributed by atoms with van der Waals surface area (Å²) in [5.41, 5.74) is 1.48. The van der Waals surface area contributed by atoms with Crippen LogP contribution in [0.5, 0.6) is 0 Å². The minimum atomic E-state index is -0.449. The molecule has 0 saturated carbocycles. The van der Waals surface area contributed by atoms with Crippen LogP contribution in [0.3, 0.4) is 0 Å². The fraction of sp³-hybridized carbons (Fsp3) is 0.0526. The summed E-state index contributed by atoms with van der Waals surface area (Å²) < 4.78 is 5.61. The van der Waals surface area contributed by atoms with Gasteiger partial charge in [0.25, 0.3) is 11.8 Å². The van der Waals surface area contributed by atoms with Gasteiger partial charge in [0.2, 0.25) is 0 Å². The van der Waals surface area contributed by atoms with Crippen molar-refractivity contribution in [1.29, 1.82) is 0 Å². The summed E-state index contributed by atoms with van der Waals surface area (Å²) in [6, 6.07) is 17.2. The van der Waals surface area contributed by atoms with E-state index in [-0.39, 0.29) is 11.7 Å². The molecular weight excluding hydrogens is 340 g/mol. The van der Waals surface area contributed by atoms with Crippen LogP contribution in [0.25, 0.3) is 11.3 Å². The summed E-state index contributed by atoms with van der Waals surface area (Å²) >= 11 is 6.14. The molecule has 0 radical (unpaired) electrons. The minimum Gasteiger partial charge on any atom is -0.451 e. The predicted octanol–water partition coefficient (Wildman–Crippen LogP) is 4.21. The van der Waals surface area contributed by atoms with Gasteiger partial charge < -0.3 is 15.1 Å². The second-order valence-electron chi connectivity index (χ2n) is 5.22. The molecule has 0 bridgehead atoms. The van der Waals surface area contributed by atoms with Crippen molar-refractivity contribution in [2.75, 3.05) is 12.4 Å². The average molecular weight is 355 g/mol. The smallest absolute Gasteiger partial charge is 0.291 e. The molecule has 6 heteroatoms. The Morgan fingerprint density at radius 2 is 1.64 bits per heavy atom. The number of rotatable bonds is 4. The number of carbonyl (C=O) groups excluding carboxylic acids is 2. The maximum atomic E-state index is 12.4. The molecule has 0 fully saturated rings. The van der Waals surface area contributed by atoms with Crippen LogP contribution in [0.1, 0.15) is 20.9 Å². The highest BCUT2D eigenvalue weighted by atomic mass is 35.5. The maximum Gasteiger partial charge on any atom is 0.291 e. The summed E-state index contributed by atoms with van der Waals surface area (Å²) in [4.78, 5) is 24.3. The van der Waals surface area contributed by atoms with Crippen molar-refractivity contribution in [1.82, 2.24) is 5.32 Å². The molecule has 2 N–H and O–H groups in total. The monoisotopic (exact) mass is 354 g/mol. The number of amides is 2. The van der Waals surface area contributed by atoms with Crippen LogP contribution >= 0.6 is 11.6 Å². The van der Waals surface area contributed by atoms with Crippen LogP contribution in [0.15, 0.2) is 65.1 Å². The number of anilines is 1. The number of halogens is 1. The van der Waals surface area contributed by atoms with E-state index in [4.69, 9.17) is 16.0 Å². The van der Waals surface area contributed by atoms with E-state index in [1.807, 2.05) is 18.2 Å². The fourth-order valence-corrected chi connectivity index (χ4v) is 2.60. The Morgan fingerprint density at radius 1 is 0.920 bits per heavy atom. The first kappa shape index (κ1) is 16.8. The van der Waals surface area contributed by atoms with Gasteiger partial charge in [0.15, 0.2) is 5.76 Å². The highest BCUT2D eigenvalue weighted by molar-refractivity contribution is 6.33. The number of nitrogens with one attached hydrogen (secondary N) is 2. The zero-order valence-electron chi connectivity index (χ0n) is 13.4. The van der Waals surface area contributed by atoms with Gasteiger partial charge in [0.1, 0.15) is 5.76 Å². The highest BCUT2D eigenvalue weighted by Crippen LogP contribution is 2.29. The quantitative estimate of drug-likeness (QED) is 0.737. The molecule has 1 aromatic heterocycles. The molecule has 3 rings (SSSR count). The van der Waals surface area contributed by atoms with Crippen LogP contribution in [0, 0.1) is 0 Å². The van der Waals surface area contributed by atoms with Crippen molar-refractivity contribution in [3.63, 3.8) is 0 Å². The second kappa shape index (κ2) is 7.23. The molecule has 0 saturated heterocycles. The molecular formula is C19H15ClN2O3. The second-order valence-corrected chi connectivity index (χ2v) is 5.63. The Morgan fingerprint density at radius 3 is 2.40 bits per heavy atom. The number of furan rings is 1.